The zero-order valence-corrected chi connectivity index (χ0v) is 14.3. The van der Waals surface area contributed by atoms with E-state index in [0.29, 0.717) is 12.1 Å². The predicted octanol–water partition coefficient (Wildman–Crippen LogP) is 3.15. The summed E-state index contributed by atoms with van der Waals surface area (Å²) in [6.45, 7) is 13.7. The fourth-order valence-electron chi connectivity index (χ4n) is 3.31. The molecule has 0 aromatic rings. The van der Waals surface area contributed by atoms with Crippen LogP contribution in [0.15, 0.2) is 0 Å². The Morgan fingerprint density at radius 3 is 2.25 bits per heavy atom. The van der Waals surface area contributed by atoms with Crippen LogP contribution in [0.1, 0.15) is 53.4 Å². The molecule has 1 fully saturated rings. The second-order valence-electron chi connectivity index (χ2n) is 7.19. The second kappa shape index (κ2) is 9.75. The van der Waals surface area contributed by atoms with Crippen molar-refractivity contribution < 1.29 is 4.74 Å². The van der Waals surface area contributed by atoms with E-state index in [1.165, 1.54) is 38.8 Å². The first-order valence-electron chi connectivity index (χ1n) is 8.49. The lowest BCUT2D eigenvalue weighted by molar-refractivity contribution is 0.0931. The van der Waals surface area contributed by atoms with Crippen molar-refractivity contribution in [1.29, 1.82) is 0 Å². The maximum atomic E-state index is 5.33. The highest BCUT2D eigenvalue weighted by atomic mass is 16.5. The molecule has 0 amide bonds. The lowest BCUT2D eigenvalue weighted by Gasteiger charge is -2.35. The fourth-order valence-corrected chi connectivity index (χ4v) is 3.31. The minimum absolute atomic E-state index is 0.689. The van der Waals surface area contributed by atoms with Gasteiger partial charge in [-0.15, -0.1) is 0 Å². The minimum Gasteiger partial charge on any atom is -0.383 e. The van der Waals surface area contributed by atoms with Crippen molar-refractivity contribution in [3.63, 3.8) is 0 Å². The predicted molar refractivity (Wildman–Crippen MR) is 87.2 cm³/mol. The first-order chi connectivity index (χ1) is 9.52. The third-order valence-electron chi connectivity index (χ3n) is 4.20. The highest BCUT2D eigenvalue weighted by Gasteiger charge is 2.24. The van der Waals surface area contributed by atoms with Crippen molar-refractivity contribution in [2.24, 2.45) is 11.8 Å². The van der Waals surface area contributed by atoms with Crippen molar-refractivity contribution in [3.8, 4) is 0 Å². The number of nitrogens with zero attached hydrogens (tertiary/aromatic N) is 1. The number of ether oxygens (including phenoxy) is 1. The van der Waals surface area contributed by atoms with E-state index in [1.807, 2.05) is 7.11 Å². The van der Waals surface area contributed by atoms with E-state index in [1.54, 1.807) is 0 Å². The van der Waals surface area contributed by atoms with Crippen LogP contribution in [0.3, 0.4) is 0 Å². The summed E-state index contributed by atoms with van der Waals surface area (Å²) >= 11 is 0. The molecule has 1 atom stereocenters. The Labute approximate surface area is 126 Å². The Balaban J connectivity index is 2.62. The maximum absolute atomic E-state index is 5.33. The van der Waals surface area contributed by atoms with Crippen LogP contribution in [0.2, 0.25) is 0 Å². The van der Waals surface area contributed by atoms with Gasteiger partial charge in [-0.1, -0.05) is 27.7 Å². The zero-order chi connectivity index (χ0) is 15.0. The molecular formula is C17H36N2O. The van der Waals surface area contributed by atoms with E-state index in [2.05, 4.69) is 37.9 Å². The number of methoxy groups -OCH3 is 1. The Morgan fingerprint density at radius 1 is 1.15 bits per heavy atom. The van der Waals surface area contributed by atoms with E-state index in [0.717, 1.165) is 25.0 Å². The zero-order valence-electron chi connectivity index (χ0n) is 14.3. The molecule has 3 heteroatoms. The van der Waals surface area contributed by atoms with Crippen LogP contribution < -0.4 is 5.32 Å². The molecule has 0 aliphatic carbocycles. The van der Waals surface area contributed by atoms with Crippen LogP contribution >= 0.6 is 0 Å². The average molecular weight is 284 g/mol. The molecule has 3 nitrogen and oxygen atoms in total. The lowest BCUT2D eigenvalue weighted by Crippen LogP contribution is -2.46. The third-order valence-corrected chi connectivity index (χ3v) is 4.20. The fraction of sp³-hybridized carbons (Fsp3) is 1.00. The summed E-state index contributed by atoms with van der Waals surface area (Å²) < 4.78 is 5.33. The largest absolute Gasteiger partial charge is 0.383 e. The van der Waals surface area contributed by atoms with Gasteiger partial charge in [-0.2, -0.15) is 0 Å². The van der Waals surface area contributed by atoms with Crippen molar-refractivity contribution in [2.45, 2.75) is 65.5 Å². The van der Waals surface area contributed by atoms with Crippen LogP contribution in [-0.4, -0.2) is 50.3 Å². The van der Waals surface area contributed by atoms with Crippen LogP contribution in [0.5, 0.6) is 0 Å². The monoisotopic (exact) mass is 284 g/mol. The van der Waals surface area contributed by atoms with Gasteiger partial charge in [-0.25, -0.2) is 0 Å². The van der Waals surface area contributed by atoms with Crippen LogP contribution in [-0.2, 0) is 4.74 Å². The Hall–Kier alpha value is -0.120. The number of rotatable bonds is 10. The maximum Gasteiger partial charge on any atom is 0.0589 e. The van der Waals surface area contributed by atoms with E-state index in [9.17, 15) is 0 Å². The molecule has 1 aliphatic rings. The van der Waals surface area contributed by atoms with Gasteiger partial charge in [-0.05, 0) is 44.1 Å². The molecule has 1 unspecified atom stereocenters. The summed E-state index contributed by atoms with van der Waals surface area (Å²) in [5.74, 6) is 1.53. The van der Waals surface area contributed by atoms with Crippen molar-refractivity contribution in [1.82, 2.24) is 10.2 Å². The van der Waals surface area contributed by atoms with Gasteiger partial charge in [0.2, 0.25) is 0 Å². The summed E-state index contributed by atoms with van der Waals surface area (Å²) in [5, 5.41) is 3.64. The Kier molecular flexibility index (Phi) is 8.74. The van der Waals surface area contributed by atoms with E-state index in [-0.39, 0.29) is 0 Å². The normalized spacial score (nSPS) is 19.9. The topological polar surface area (TPSA) is 24.5 Å². The van der Waals surface area contributed by atoms with Crippen molar-refractivity contribution in [3.05, 3.63) is 0 Å². The van der Waals surface area contributed by atoms with E-state index in [4.69, 9.17) is 4.74 Å². The van der Waals surface area contributed by atoms with Gasteiger partial charge in [0.05, 0.1) is 6.61 Å². The molecule has 0 saturated carbocycles. The van der Waals surface area contributed by atoms with Crippen LogP contribution in [0.25, 0.3) is 0 Å². The van der Waals surface area contributed by atoms with Crippen molar-refractivity contribution >= 4 is 0 Å². The van der Waals surface area contributed by atoms with E-state index >= 15 is 0 Å². The highest BCUT2D eigenvalue weighted by Crippen LogP contribution is 2.20. The van der Waals surface area contributed by atoms with Gasteiger partial charge in [0.1, 0.15) is 0 Å². The molecule has 20 heavy (non-hydrogen) atoms. The molecule has 0 radical (unpaired) electrons. The molecule has 1 N–H and O–H groups in total. The number of hydrogen-bond acceptors (Lipinski definition) is 3. The average Bonchev–Trinajstić information content (AvgIpc) is 2.85. The quantitative estimate of drug-likeness (QED) is 0.667. The summed E-state index contributed by atoms with van der Waals surface area (Å²) in [6.07, 6.45) is 5.27. The first kappa shape index (κ1) is 17.9. The second-order valence-corrected chi connectivity index (χ2v) is 7.19. The summed E-state index contributed by atoms with van der Waals surface area (Å²) in [4.78, 5) is 2.69. The van der Waals surface area contributed by atoms with Gasteiger partial charge in [0, 0.05) is 32.3 Å². The molecule has 0 aromatic heterocycles. The molecule has 0 spiro atoms. The molecule has 1 aliphatic heterocycles. The van der Waals surface area contributed by atoms with Gasteiger partial charge in [-0.3, -0.25) is 4.90 Å². The molecule has 120 valence electrons. The SMILES string of the molecule is COCCN(CC1CCCN1)C(CC(C)C)CC(C)C. The third kappa shape index (κ3) is 7.05. The van der Waals surface area contributed by atoms with E-state index < -0.39 is 0 Å². The molecule has 1 heterocycles. The van der Waals surface area contributed by atoms with Crippen LogP contribution in [0, 0.1) is 11.8 Å². The molecular weight excluding hydrogens is 248 g/mol. The standard InChI is InChI=1S/C17H36N2O/c1-14(2)11-17(12-15(3)4)19(9-10-20-5)13-16-7-6-8-18-16/h14-18H,6-13H2,1-5H3. The minimum atomic E-state index is 0.689. The molecule has 0 bridgehead atoms. The van der Waals surface area contributed by atoms with Gasteiger partial charge in [0.25, 0.3) is 0 Å². The Morgan fingerprint density at radius 2 is 1.80 bits per heavy atom. The van der Waals surface area contributed by atoms with Gasteiger partial charge >= 0.3 is 0 Å². The van der Waals surface area contributed by atoms with Gasteiger partial charge in [0.15, 0.2) is 0 Å². The number of nitrogens with one attached hydrogen (secondary N) is 1. The number of hydrogen-bond donors (Lipinski definition) is 1. The molecule has 1 rings (SSSR count). The summed E-state index contributed by atoms with van der Waals surface area (Å²) in [5.41, 5.74) is 0. The van der Waals surface area contributed by atoms with Crippen molar-refractivity contribution in [2.75, 3.05) is 33.4 Å². The summed E-state index contributed by atoms with van der Waals surface area (Å²) in [6, 6.07) is 1.39. The lowest BCUT2D eigenvalue weighted by atomic mass is 9.94. The molecule has 1 saturated heterocycles. The molecule has 0 aromatic carbocycles. The first-order valence-corrected chi connectivity index (χ1v) is 8.49. The Bertz CT molecular complexity index is 227. The highest BCUT2D eigenvalue weighted by molar-refractivity contribution is 4.82. The van der Waals surface area contributed by atoms with Gasteiger partial charge < -0.3 is 10.1 Å². The summed E-state index contributed by atoms with van der Waals surface area (Å²) in [7, 11) is 1.81. The smallest absolute Gasteiger partial charge is 0.0589 e. The van der Waals surface area contributed by atoms with Crippen LogP contribution in [0.4, 0.5) is 0 Å².